The number of anilines is 1. The number of benzene rings is 2. The number of carbonyl (C=O) groups excluding carboxylic acids is 1. The van der Waals surface area contributed by atoms with Gasteiger partial charge in [0.15, 0.2) is 0 Å². The zero-order valence-corrected chi connectivity index (χ0v) is 16.3. The van der Waals surface area contributed by atoms with E-state index in [1.54, 1.807) is 0 Å². The highest BCUT2D eigenvalue weighted by Gasteiger charge is 2.25. The van der Waals surface area contributed by atoms with Gasteiger partial charge in [-0.2, -0.15) is 0 Å². The summed E-state index contributed by atoms with van der Waals surface area (Å²) < 4.78 is 0. The fraction of sp³-hybridized carbons (Fsp3) is 0.409. The molecular formula is C22H27ClN2O. The molecule has 1 aliphatic rings. The molecule has 3 nitrogen and oxygen atoms in total. The number of hydrogen-bond donors (Lipinski definition) is 1. The molecule has 1 aliphatic heterocycles. The number of amides is 1. The van der Waals surface area contributed by atoms with Crippen LogP contribution in [0.15, 0.2) is 48.5 Å². The van der Waals surface area contributed by atoms with E-state index in [1.807, 2.05) is 24.3 Å². The lowest BCUT2D eigenvalue weighted by Crippen LogP contribution is -2.40. The molecule has 2 aromatic carbocycles. The lowest BCUT2D eigenvalue weighted by molar-refractivity contribution is -0.121. The maximum Gasteiger partial charge on any atom is 0.228 e. The second kappa shape index (κ2) is 8.70. The van der Waals surface area contributed by atoms with Gasteiger partial charge in [0.25, 0.3) is 0 Å². The third-order valence-electron chi connectivity index (χ3n) is 5.04. The molecule has 0 saturated carbocycles. The van der Waals surface area contributed by atoms with Crippen LogP contribution in [0.5, 0.6) is 0 Å². The second-order valence-electron chi connectivity index (χ2n) is 7.47. The first-order chi connectivity index (χ1) is 12.5. The Morgan fingerprint density at radius 2 is 1.85 bits per heavy atom. The van der Waals surface area contributed by atoms with Crippen LogP contribution in [0, 0.1) is 5.92 Å². The minimum atomic E-state index is 0.0424. The minimum Gasteiger partial charge on any atom is -0.326 e. The van der Waals surface area contributed by atoms with Crippen molar-refractivity contribution in [2.24, 2.45) is 5.92 Å². The largest absolute Gasteiger partial charge is 0.326 e. The SMILES string of the molecule is CC(C)c1ccc(NC(=O)[C@@H]2CCCN(Cc3ccc(Cl)cc3)C2)cc1. The van der Waals surface area contributed by atoms with Crippen LogP contribution in [0.1, 0.15) is 43.7 Å². The number of nitrogens with one attached hydrogen (secondary N) is 1. The summed E-state index contributed by atoms with van der Waals surface area (Å²) >= 11 is 5.96. The summed E-state index contributed by atoms with van der Waals surface area (Å²) in [7, 11) is 0. The normalized spacial score (nSPS) is 18.1. The number of hydrogen-bond acceptors (Lipinski definition) is 2. The Hall–Kier alpha value is -1.84. The van der Waals surface area contributed by atoms with Crippen molar-refractivity contribution in [3.05, 3.63) is 64.7 Å². The van der Waals surface area contributed by atoms with Crippen molar-refractivity contribution in [2.75, 3.05) is 18.4 Å². The smallest absolute Gasteiger partial charge is 0.228 e. The van der Waals surface area contributed by atoms with E-state index in [0.717, 1.165) is 43.2 Å². The zero-order valence-electron chi connectivity index (χ0n) is 15.5. The Labute approximate surface area is 161 Å². The number of piperidine rings is 1. The first-order valence-electron chi connectivity index (χ1n) is 9.39. The summed E-state index contributed by atoms with van der Waals surface area (Å²) in [6.45, 7) is 7.05. The molecule has 4 heteroatoms. The number of likely N-dealkylation sites (tertiary alicyclic amines) is 1. The molecule has 0 unspecified atom stereocenters. The molecule has 138 valence electrons. The Bertz CT molecular complexity index is 725. The Kier molecular flexibility index (Phi) is 6.33. The van der Waals surface area contributed by atoms with E-state index in [4.69, 9.17) is 11.6 Å². The number of halogens is 1. The van der Waals surface area contributed by atoms with E-state index < -0.39 is 0 Å². The van der Waals surface area contributed by atoms with Gasteiger partial charge in [0.2, 0.25) is 5.91 Å². The average molecular weight is 371 g/mol. The molecule has 0 aromatic heterocycles. The summed E-state index contributed by atoms with van der Waals surface area (Å²) in [5, 5.41) is 3.84. The Balaban J connectivity index is 1.56. The van der Waals surface area contributed by atoms with Gasteiger partial charge < -0.3 is 5.32 Å². The fourth-order valence-electron chi connectivity index (χ4n) is 3.46. The Morgan fingerprint density at radius 3 is 2.50 bits per heavy atom. The molecule has 0 aliphatic carbocycles. The zero-order chi connectivity index (χ0) is 18.5. The van der Waals surface area contributed by atoms with Crippen LogP contribution in [0.2, 0.25) is 5.02 Å². The number of nitrogens with zero attached hydrogens (tertiary/aromatic N) is 1. The van der Waals surface area contributed by atoms with Gasteiger partial charge >= 0.3 is 0 Å². The van der Waals surface area contributed by atoms with Crippen molar-refractivity contribution in [1.82, 2.24) is 4.90 Å². The first kappa shape index (κ1) is 18.9. The predicted octanol–water partition coefficient (Wildman–Crippen LogP) is 5.31. The van der Waals surface area contributed by atoms with Crippen LogP contribution in [-0.2, 0) is 11.3 Å². The molecule has 2 aromatic rings. The van der Waals surface area contributed by atoms with E-state index in [-0.39, 0.29) is 11.8 Å². The van der Waals surface area contributed by atoms with Gasteiger partial charge in [0, 0.05) is 23.8 Å². The number of carbonyl (C=O) groups is 1. The topological polar surface area (TPSA) is 32.3 Å². The Morgan fingerprint density at radius 1 is 1.15 bits per heavy atom. The van der Waals surface area contributed by atoms with Gasteiger partial charge in [0.05, 0.1) is 5.92 Å². The molecule has 0 bridgehead atoms. The maximum atomic E-state index is 12.7. The third kappa shape index (κ3) is 5.09. The summed E-state index contributed by atoms with van der Waals surface area (Å²) in [6.07, 6.45) is 2.00. The van der Waals surface area contributed by atoms with Gasteiger partial charge in [-0.1, -0.05) is 49.7 Å². The van der Waals surface area contributed by atoms with Crippen molar-refractivity contribution < 1.29 is 4.79 Å². The average Bonchev–Trinajstić information content (AvgIpc) is 2.64. The summed E-state index contributed by atoms with van der Waals surface area (Å²) in [5.41, 5.74) is 3.41. The van der Waals surface area contributed by atoms with Gasteiger partial charge in [-0.05, 0) is 60.7 Å². The molecule has 26 heavy (non-hydrogen) atoms. The lowest BCUT2D eigenvalue weighted by atomic mass is 9.96. The highest BCUT2D eigenvalue weighted by atomic mass is 35.5. The highest BCUT2D eigenvalue weighted by Crippen LogP contribution is 2.22. The van der Waals surface area contributed by atoms with Gasteiger partial charge in [-0.15, -0.1) is 0 Å². The molecule has 0 radical (unpaired) electrons. The van der Waals surface area contributed by atoms with Crippen LogP contribution in [-0.4, -0.2) is 23.9 Å². The monoisotopic (exact) mass is 370 g/mol. The van der Waals surface area contributed by atoms with Crippen LogP contribution in [0.4, 0.5) is 5.69 Å². The second-order valence-corrected chi connectivity index (χ2v) is 7.90. The molecule has 1 atom stereocenters. The number of rotatable bonds is 5. The molecule has 1 saturated heterocycles. The van der Waals surface area contributed by atoms with Gasteiger partial charge in [-0.3, -0.25) is 9.69 Å². The first-order valence-corrected chi connectivity index (χ1v) is 9.76. The van der Waals surface area contributed by atoms with Crippen molar-refractivity contribution in [2.45, 2.75) is 39.2 Å². The molecule has 0 spiro atoms. The standard InChI is InChI=1S/C22H27ClN2O/c1-16(2)18-7-11-21(12-8-18)24-22(26)19-4-3-13-25(15-19)14-17-5-9-20(23)10-6-17/h5-12,16,19H,3-4,13-15H2,1-2H3,(H,24,26)/t19-/m1/s1. The van der Waals surface area contributed by atoms with Crippen LogP contribution in [0.25, 0.3) is 0 Å². The van der Waals surface area contributed by atoms with E-state index in [0.29, 0.717) is 5.92 Å². The molecule has 1 amide bonds. The third-order valence-corrected chi connectivity index (χ3v) is 5.29. The van der Waals surface area contributed by atoms with E-state index in [2.05, 4.69) is 48.3 Å². The van der Waals surface area contributed by atoms with Crippen molar-refractivity contribution in [3.8, 4) is 0 Å². The molecule has 3 rings (SSSR count). The molecule has 1 fully saturated rings. The molecular weight excluding hydrogens is 344 g/mol. The predicted molar refractivity (Wildman–Crippen MR) is 109 cm³/mol. The van der Waals surface area contributed by atoms with Crippen LogP contribution >= 0.6 is 11.6 Å². The van der Waals surface area contributed by atoms with Crippen molar-refractivity contribution >= 4 is 23.2 Å². The molecule has 1 heterocycles. The van der Waals surface area contributed by atoms with E-state index in [9.17, 15) is 4.79 Å². The molecule has 1 N–H and O–H groups in total. The summed E-state index contributed by atoms with van der Waals surface area (Å²) in [5.74, 6) is 0.670. The van der Waals surface area contributed by atoms with Crippen molar-refractivity contribution in [1.29, 1.82) is 0 Å². The van der Waals surface area contributed by atoms with Gasteiger partial charge in [-0.25, -0.2) is 0 Å². The highest BCUT2D eigenvalue weighted by molar-refractivity contribution is 6.30. The van der Waals surface area contributed by atoms with E-state index in [1.165, 1.54) is 11.1 Å². The lowest BCUT2D eigenvalue weighted by Gasteiger charge is -2.32. The summed E-state index contributed by atoms with van der Waals surface area (Å²) in [6, 6.07) is 16.1. The van der Waals surface area contributed by atoms with Crippen molar-refractivity contribution in [3.63, 3.8) is 0 Å². The fourth-order valence-corrected chi connectivity index (χ4v) is 3.58. The maximum absolute atomic E-state index is 12.7. The summed E-state index contributed by atoms with van der Waals surface area (Å²) in [4.78, 5) is 15.0. The van der Waals surface area contributed by atoms with Crippen LogP contribution in [0.3, 0.4) is 0 Å². The minimum absolute atomic E-state index is 0.0424. The van der Waals surface area contributed by atoms with Crippen LogP contribution < -0.4 is 5.32 Å². The van der Waals surface area contributed by atoms with Gasteiger partial charge in [0.1, 0.15) is 0 Å². The van der Waals surface area contributed by atoms with E-state index >= 15 is 0 Å². The quantitative estimate of drug-likeness (QED) is 0.773.